The molecule has 4 aromatic rings. The standard InChI is InChI=1S/C40H38N2O13/c1-18-36(49)40(51,52)37(50)39(53-18)55-29-15-26-32(33(46)25(29)13-21-9-6-10-23(38(41)42)27(21)17-44)35(48)30-22(16-43)14-28(54-19(2)45)24(31(30)34(26)47)12-11-20-7-4-3-5-8-20/h3-12,14-15,17-18,36-39,43,46,49-52H,13,16,41-42H2,1-2H3/b12-11-/t18-,36+,37-,39+/m0/s1. The molecule has 1 aliphatic carbocycles. The van der Waals surface area contributed by atoms with Gasteiger partial charge in [0.25, 0.3) is 0 Å². The number of aliphatic hydroxyl groups is 5. The van der Waals surface area contributed by atoms with E-state index in [1.54, 1.807) is 42.5 Å². The third-order valence-corrected chi connectivity index (χ3v) is 9.61. The molecule has 4 aromatic carbocycles. The van der Waals surface area contributed by atoms with Crippen LogP contribution in [0.1, 0.15) is 95.6 Å². The van der Waals surface area contributed by atoms with E-state index >= 15 is 0 Å². The Morgan fingerprint density at radius 2 is 1.62 bits per heavy atom. The van der Waals surface area contributed by atoms with Crippen LogP contribution in [-0.2, 0) is 22.6 Å². The Hall–Kier alpha value is -5.62. The van der Waals surface area contributed by atoms with Gasteiger partial charge in [-0.05, 0) is 47.4 Å². The molecule has 0 aromatic heterocycles. The van der Waals surface area contributed by atoms with Crippen LogP contribution in [0.4, 0.5) is 0 Å². The van der Waals surface area contributed by atoms with Crippen LogP contribution >= 0.6 is 0 Å². The van der Waals surface area contributed by atoms with Gasteiger partial charge in [0.1, 0.15) is 23.4 Å². The first-order chi connectivity index (χ1) is 26.1. The maximum atomic E-state index is 14.7. The summed E-state index contributed by atoms with van der Waals surface area (Å²) in [6, 6.07) is 15.8. The lowest BCUT2D eigenvalue weighted by Gasteiger charge is -2.44. The highest BCUT2D eigenvalue weighted by Gasteiger charge is 2.54. The van der Waals surface area contributed by atoms with Crippen molar-refractivity contribution in [2.75, 3.05) is 0 Å². The number of aldehydes is 1. The molecule has 6 rings (SSSR count). The minimum Gasteiger partial charge on any atom is -0.507 e. The van der Waals surface area contributed by atoms with Gasteiger partial charge in [0.2, 0.25) is 12.1 Å². The fourth-order valence-electron chi connectivity index (χ4n) is 6.84. The van der Waals surface area contributed by atoms with E-state index in [2.05, 4.69) is 0 Å². The third kappa shape index (κ3) is 7.06. The number of nitrogens with two attached hydrogens (primary N) is 2. The number of carbonyl (C=O) groups excluding carboxylic acids is 4. The van der Waals surface area contributed by atoms with Crippen LogP contribution in [-0.4, -0.2) is 84.9 Å². The highest BCUT2D eigenvalue weighted by atomic mass is 16.7. The molecule has 15 heteroatoms. The number of esters is 1. The third-order valence-electron chi connectivity index (χ3n) is 9.61. The van der Waals surface area contributed by atoms with Gasteiger partial charge < -0.3 is 56.3 Å². The van der Waals surface area contributed by atoms with Crippen LogP contribution in [0, 0.1) is 0 Å². The zero-order chi connectivity index (χ0) is 39.9. The van der Waals surface area contributed by atoms with Gasteiger partial charge in [-0.3, -0.25) is 19.2 Å². The molecule has 0 radical (unpaired) electrons. The molecular formula is C40H38N2O13. The summed E-state index contributed by atoms with van der Waals surface area (Å²) in [5.74, 6) is -6.98. The van der Waals surface area contributed by atoms with E-state index in [9.17, 15) is 49.8 Å². The lowest BCUT2D eigenvalue weighted by Crippen LogP contribution is -2.67. The normalized spacial score (nSPS) is 20.3. The molecule has 1 fully saturated rings. The van der Waals surface area contributed by atoms with Crippen LogP contribution in [0.3, 0.4) is 0 Å². The first-order valence-corrected chi connectivity index (χ1v) is 17.0. The molecule has 10 N–H and O–H groups in total. The van der Waals surface area contributed by atoms with E-state index in [1.165, 1.54) is 31.2 Å². The quantitative estimate of drug-likeness (QED) is 0.0331. The first kappa shape index (κ1) is 39.1. The van der Waals surface area contributed by atoms with E-state index in [0.717, 1.165) is 13.0 Å². The number of aromatic hydroxyl groups is 1. The second-order valence-electron chi connectivity index (χ2n) is 13.2. The summed E-state index contributed by atoms with van der Waals surface area (Å²) >= 11 is 0. The molecule has 0 bridgehead atoms. The van der Waals surface area contributed by atoms with E-state index in [4.69, 9.17) is 25.7 Å². The highest BCUT2D eigenvalue weighted by Crippen LogP contribution is 2.45. The molecule has 15 nitrogen and oxygen atoms in total. The van der Waals surface area contributed by atoms with Gasteiger partial charge in [-0.25, -0.2) is 0 Å². The average molecular weight is 755 g/mol. The summed E-state index contributed by atoms with van der Waals surface area (Å²) in [5, 5.41) is 64.7. The van der Waals surface area contributed by atoms with Crippen LogP contribution in [0.2, 0.25) is 0 Å². The fraction of sp³-hybridized carbons (Fsp3) is 0.250. The molecule has 0 spiro atoms. The van der Waals surface area contributed by atoms with E-state index < -0.39 is 83.3 Å². The van der Waals surface area contributed by atoms with Crippen molar-refractivity contribution < 1.29 is 64.0 Å². The summed E-state index contributed by atoms with van der Waals surface area (Å²) in [6.07, 6.45) is -5.39. The predicted molar refractivity (Wildman–Crippen MR) is 194 cm³/mol. The molecule has 2 aliphatic rings. The number of phenolic OH excluding ortho intramolecular Hbond substituents is 1. The smallest absolute Gasteiger partial charge is 0.308 e. The van der Waals surface area contributed by atoms with E-state index in [1.807, 2.05) is 0 Å². The SMILES string of the molecule is CC(=O)Oc1cc(CO)c2c(c1/C=C\c1ccccc1)C(=O)c1cc(O[C@H]3O[C@@H](C)[C@@H](O)C(O)(O)[C@H]3O)c(Cc3cccc(C(N)N)c3C=O)c(O)c1C2=O. The van der Waals surface area contributed by atoms with Crippen molar-refractivity contribution in [2.24, 2.45) is 11.5 Å². The Kier molecular flexibility index (Phi) is 10.8. The number of fused-ring (bicyclic) bond motifs is 2. The number of carbonyl (C=O) groups is 4. The predicted octanol–water partition coefficient (Wildman–Crippen LogP) is 1.60. The lowest BCUT2D eigenvalue weighted by atomic mass is 9.77. The van der Waals surface area contributed by atoms with Crippen molar-refractivity contribution in [2.45, 2.75) is 63.4 Å². The zero-order valence-electron chi connectivity index (χ0n) is 29.5. The Bertz CT molecular complexity index is 2230. The van der Waals surface area contributed by atoms with Crippen molar-refractivity contribution in [1.82, 2.24) is 0 Å². The zero-order valence-corrected chi connectivity index (χ0v) is 29.5. The molecular weight excluding hydrogens is 716 g/mol. The molecule has 0 amide bonds. The fourth-order valence-corrected chi connectivity index (χ4v) is 6.84. The second kappa shape index (κ2) is 15.3. The Morgan fingerprint density at radius 1 is 0.909 bits per heavy atom. The van der Waals surface area contributed by atoms with Crippen molar-refractivity contribution in [3.8, 4) is 17.2 Å². The first-order valence-electron chi connectivity index (χ1n) is 17.0. The number of rotatable bonds is 10. The number of aliphatic hydroxyl groups excluding tert-OH is 3. The minimum atomic E-state index is -3.13. The minimum absolute atomic E-state index is 0.00560. The molecule has 1 aliphatic heterocycles. The Labute approximate surface area is 313 Å². The van der Waals surface area contributed by atoms with Crippen LogP contribution < -0.4 is 20.9 Å². The summed E-state index contributed by atoms with van der Waals surface area (Å²) in [7, 11) is 0. The number of phenols is 1. The molecule has 0 unspecified atom stereocenters. The van der Waals surface area contributed by atoms with Gasteiger partial charge in [0, 0.05) is 46.7 Å². The lowest BCUT2D eigenvalue weighted by molar-refractivity contribution is -0.371. The molecule has 286 valence electrons. The van der Waals surface area contributed by atoms with Crippen LogP contribution in [0.25, 0.3) is 12.2 Å². The van der Waals surface area contributed by atoms with Crippen molar-refractivity contribution >= 4 is 36.0 Å². The molecule has 55 heavy (non-hydrogen) atoms. The van der Waals surface area contributed by atoms with Crippen LogP contribution in [0.15, 0.2) is 60.7 Å². The topological polar surface area (TPSA) is 269 Å². The number of benzene rings is 4. The van der Waals surface area contributed by atoms with E-state index in [-0.39, 0.29) is 56.7 Å². The summed E-state index contributed by atoms with van der Waals surface area (Å²) < 4.78 is 17.0. The Morgan fingerprint density at radius 3 is 2.25 bits per heavy atom. The van der Waals surface area contributed by atoms with Gasteiger partial charge in [0.05, 0.1) is 24.4 Å². The maximum Gasteiger partial charge on any atom is 0.308 e. The van der Waals surface area contributed by atoms with Crippen molar-refractivity contribution in [3.05, 3.63) is 122 Å². The maximum absolute atomic E-state index is 14.7. The van der Waals surface area contributed by atoms with Gasteiger partial charge >= 0.3 is 5.97 Å². The summed E-state index contributed by atoms with van der Waals surface area (Å²) in [5.41, 5.74) is 11.3. The van der Waals surface area contributed by atoms with Gasteiger partial charge in [-0.1, -0.05) is 54.6 Å². The average Bonchev–Trinajstić information content (AvgIpc) is 3.15. The second-order valence-corrected chi connectivity index (χ2v) is 13.2. The molecule has 0 saturated carbocycles. The van der Waals surface area contributed by atoms with Gasteiger partial charge in [-0.15, -0.1) is 0 Å². The van der Waals surface area contributed by atoms with Gasteiger partial charge in [-0.2, -0.15) is 0 Å². The molecule has 1 saturated heterocycles. The molecule has 4 atom stereocenters. The van der Waals surface area contributed by atoms with E-state index in [0.29, 0.717) is 11.8 Å². The number of ketones is 2. The van der Waals surface area contributed by atoms with Crippen molar-refractivity contribution in [1.29, 1.82) is 0 Å². The number of hydrogen-bond donors (Lipinski definition) is 8. The largest absolute Gasteiger partial charge is 0.507 e. The highest BCUT2D eigenvalue weighted by molar-refractivity contribution is 6.31. The summed E-state index contributed by atoms with van der Waals surface area (Å²) in [4.78, 5) is 53.8. The monoisotopic (exact) mass is 754 g/mol. The van der Waals surface area contributed by atoms with Crippen molar-refractivity contribution in [3.63, 3.8) is 0 Å². The van der Waals surface area contributed by atoms with Gasteiger partial charge in [0.15, 0.2) is 24.0 Å². The molecule has 1 heterocycles. The number of ether oxygens (including phenoxy) is 3. The Balaban J connectivity index is 1.60. The van der Waals surface area contributed by atoms with Crippen LogP contribution in [0.5, 0.6) is 17.2 Å². The summed E-state index contributed by atoms with van der Waals surface area (Å²) in [6.45, 7) is 1.64. The number of hydrogen-bond acceptors (Lipinski definition) is 15.